The molecular formula is C24H31N3O2. The van der Waals surface area contributed by atoms with E-state index in [4.69, 9.17) is 4.74 Å². The third-order valence-corrected chi connectivity index (χ3v) is 6.38. The van der Waals surface area contributed by atoms with Crippen LogP contribution in [0.5, 0.6) is 0 Å². The number of likely N-dealkylation sites (tertiary alicyclic amines) is 1. The van der Waals surface area contributed by atoms with Crippen LogP contribution in [0.3, 0.4) is 0 Å². The monoisotopic (exact) mass is 393 g/mol. The number of hydrogen-bond acceptors (Lipinski definition) is 4. The second kappa shape index (κ2) is 9.06. The van der Waals surface area contributed by atoms with Crippen LogP contribution in [0.25, 0.3) is 11.1 Å². The van der Waals surface area contributed by atoms with Gasteiger partial charge >= 0.3 is 0 Å². The Balaban J connectivity index is 1.48. The molecule has 0 unspecified atom stereocenters. The molecule has 154 valence electrons. The van der Waals surface area contributed by atoms with Crippen molar-refractivity contribution in [2.45, 2.75) is 38.1 Å². The highest BCUT2D eigenvalue weighted by atomic mass is 16.5. The summed E-state index contributed by atoms with van der Waals surface area (Å²) in [5, 5.41) is 3.37. The first-order chi connectivity index (χ1) is 14.1. The van der Waals surface area contributed by atoms with Gasteiger partial charge in [-0.15, -0.1) is 0 Å². The van der Waals surface area contributed by atoms with Crippen molar-refractivity contribution in [3.05, 3.63) is 54.4 Å². The maximum Gasteiger partial charge on any atom is 0.226 e. The number of likely N-dealkylation sites (N-methyl/N-ethyl adjacent to an activating group) is 1. The van der Waals surface area contributed by atoms with E-state index in [0.717, 1.165) is 56.3 Å². The molecule has 0 saturated carbocycles. The molecule has 29 heavy (non-hydrogen) atoms. The van der Waals surface area contributed by atoms with Crippen molar-refractivity contribution in [3.8, 4) is 11.1 Å². The lowest BCUT2D eigenvalue weighted by molar-refractivity contribution is -0.137. The van der Waals surface area contributed by atoms with E-state index in [1.165, 1.54) is 5.56 Å². The number of carbonyl (C=O) groups excluding carboxylic acids is 1. The van der Waals surface area contributed by atoms with Gasteiger partial charge in [-0.1, -0.05) is 30.3 Å². The molecule has 4 rings (SSSR count). The number of nitrogens with zero attached hydrogens (tertiary/aromatic N) is 2. The minimum absolute atomic E-state index is 0.206. The van der Waals surface area contributed by atoms with Gasteiger partial charge in [0, 0.05) is 38.2 Å². The molecule has 2 fully saturated rings. The molecule has 2 aromatic rings. The summed E-state index contributed by atoms with van der Waals surface area (Å²) >= 11 is 0. The van der Waals surface area contributed by atoms with E-state index in [-0.39, 0.29) is 17.4 Å². The molecule has 1 aromatic carbocycles. The first-order valence-electron chi connectivity index (χ1n) is 10.7. The van der Waals surface area contributed by atoms with E-state index in [1.807, 2.05) is 12.3 Å². The van der Waals surface area contributed by atoms with Gasteiger partial charge in [0.25, 0.3) is 0 Å². The second-order valence-electron chi connectivity index (χ2n) is 8.58. The first kappa shape index (κ1) is 20.0. The molecule has 5 nitrogen and oxygen atoms in total. The van der Waals surface area contributed by atoms with Crippen molar-refractivity contribution >= 4 is 5.91 Å². The molecule has 0 bridgehead atoms. The van der Waals surface area contributed by atoms with Crippen LogP contribution in [0, 0.1) is 5.41 Å². The lowest BCUT2D eigenvalue weighted by Crippen LogP contribution is -2.53. The number of nitrogens with one attached hydrogen (secondary N) is 1. The summed E-state index contributed by atoms with van der Waals surface area (Å²) in [6.45, 7) is 3.38. The van der Waals surface area contributed by atoms with Gasteiger partial charge in [0.1, 0.15) is 0 Å². The van der Waals surface area contributed by atoms with Crippen LogP contribution in [0.2, 0.25) is 0 Å². The highest BCUT2D eigenvalue weighted by Crippen LogP contribution is 2.35. The zero-order valence-electron chi connectivity index (χ0n) is 17.3. The average molecular weight is 394 g/mol. The van der Waals surface area contributed by atoms with Crippen LogP contribution in [-0.4, -0.2) is 55.2 Å². The molecule has 2 aliphatic heterocycles. The lowest BCUT2D eigenvalue weighted by Gasteiger charge is -2.38. The van der Waals surface area contributed by atoms with Gasteiger partial charge in [-0.2, -0.15) is 0 Å². The van der Waals surface area contributed by atoms with E-state index in [1.54, 1.807) is 6.20 Å². The number of hydrogen-bond donors (Lipinski definition) is 1. The van der Waals surface area contributed by atoms with Crippen molar-refractivity contribution < 1.29 is 9.53 Å². The van der Waals surface area contributed by atoms with Crippen molar-refractivity contribution in [2.75, 3.05) is 33.4 Å². The van der Waals surface area contributed by atoms with Crippen molar-refractivity contribution in [3.63, 3.8) is 0 Å². The highest BCUT2D eigenvalue weighted by molar-refractivity contribution is 5.83. The fourth-order valence-corrected chi connectivity index (χ4v) is 4.61. The van der Waals surface area contributed by atoms with Gasteiger partial charge in [0.2, 0.25) is 5.91 Å². The summed E-state index contributed by atoms with van der Waals surface area (Å²) in [4.78, 5) is 19.9. The predicted molar refractivity (Wildman–Crippen MR) is 115 cm³/mol. The van der Waals surface area contributed by atoms with Crippen molar-refractivity contribution in [2.24, 2.45) is 5.41 Å². The van der Waals surface area contributed by atoms with Gasteiger partial charge in [-0.3, -0.25) is 9.78 Å². The number of ether oxygens (including phenoxy) is 1. The Morgan fingerprint density at radius 1 is 1.21 bits per heavy atom. The lowest BCUT2D eigenvalue weighted by atomic mass is 9.74. The molecule has 1 atom stereocenters. The Bertz CT molecular complexity index is 801. The third kappa shape index (κ3) is 4.85. The Hall–Kier alpha value is -2.24. The van der Waals surface area contributed by atoms with Crippen LogP contribution in [0.15, 0.2) is 48.8 Å². The molecule has 1 aromatic heterocycles. The third-order valence-electron chi connectivity index (χ3n) is 6.38. The number of carbonyl (C=O) groups is 1. The number of rotatable bonds is 5. The molecule has 2 saturated heterocycles. The highest BCUT2D eigenvalue weighted by Gasteiger charge is 2.41. The molecule has 5 heteroatoms. The van der Waals surface area contributed by atoms with E-state index < -0.39 is 0 Å². The van der Waals surface area contributed by atoms with Crippen LogP contribution >= 0.6 is 0 Å². The molecular weight excluding hydrogens is 362 g/mol. The van der Waals surface area contributed by atoms with Crippen molar-refractivity contribution in [1.82, 2.24) is 15.2 Å². The topological polar surface area (TPSA) is 54.5 Å². The minimum atomic E-state index is -0.371. The number of pyridine rings is 1. The Morgan fingerprint density at radius 3 is 2.69 bits per heavy atom. The summed E-state index contributed by atoms with van der Waals surface area (Å²) in [5.74, 6) is 0.206. The summed E-state index contributed by atoms with van der Waals surface area (Å²) in [6, 6.07) is 12.8. The van der Waals surface area contributed by atoms with Crippen LogP contribution in [-0.2, 0) is 16.0 Å². The summed E-state index contributed by atoms with van der Waals surface area (Å²) < 4.78 is 5.60. The molecule has 1 amide bonds. The summed E-state index contributed by atoms with van der Waals surface area (Å²) in [5.41, 5.74) is 3.09. The average Bonchev–Trinajstić information content (AvgIpc) is 2.75. The number of piperidine rings is 1. The van der Waals surface area contributed by atoms with Crippen LogP contribution < -0.4 is 5.32 Å². The molecule has 1 N–H and O–H groups in total. The Labute approximate surface area is 173 Å². The van der Waals surface area contributed by atoms with Gasteiger partial charge < -0.3 is 15.0 Å². The summed E-state index contributed by atoms with van der Waals surface area (Å²) in [6.07, 6.45) is 8.21. The fourth-order valence-electron chi connectivity index (χ4n) is 4.61. The number of amides is 1. The summed E-state index contributed by atoms with van der Waals surface area (Å²) in [7, 11) is 2.13. The van der Waals surface area contributed by atoms with Gasteiger partial charge in [-0.25, -0.2) is 0 Å². The zero-order valence-corrected chi connectivity index (χ0v) is 17.3. The molecule has 2 aliphatic rings. The van der Waals surface area contributed by atoms with E-state index >= 15 is 0 Å². The SMILES string of the molecule is CN1CCC[C@H](NC(=O)C2(Cc3ccc(-c4cccnc4)cc3)CCOCC2)C1. The smallest absolute Gasteiger partial charge is 0.226 e. The molecule has 0 aliphatic carbocycles. The first-order valence-corrected chi connectivity index (χ1v) is 10.7. The maximum atomic E-state index is 13.4. The van der Waals surface area contributed by atoms with Crippen LogP contribution in [0.1, 0.15) is 31.2 Å². The fraction of sp³-hybridized carbons (Fsp3) is 0.500. The minimum Gasteiger partial charge on any atom is -0.381 e. The van der Waals surface area contributed by atoms with Crippen molar-refractivity contribution in [1.29, 1.82) is 0 Å². The standard InChI is InChI=1S/C24H31N3O2/c1-27-13-3-5-22(18-27)26-23(28)24(10-14-29-15-11-24)16-19-6-8-20(9-7-19)21-4-2-12-25-17-21/h2,4,6-9,12,17,22H,3,5,10-11,13-16,18H2,1H3,(H,26,28)/t22-/m0/s1. The Kier molecular flexibility index (Phi) is 6.26. The molecule has 3 heterocycles. The van der Waals surface area contributed by atoms with E-state index in [9.17, 15) is 4.79 Å². The quantitative estimate of drug-likeness (QED) is 0.847. The maximum absolute atomic E-state index is 13.4. The Morgan fingerprint density at radius 2 is 2.00 bits per heavy atom. The normalized spacial score (nSPS) is 22.2. The van der Waals surface area contributed by atoms with Gasteiger partial charge in [0.05, 0.1) is 5.41 Å². The number of benzene rings is 1. The largest absolute Gasteiger partial charge is 0.381 e. The van der Waals surface area contributed by atoms with E-state index in [2.05, 4.69) is 52.6 Å². The molecule has 0 spiro atoms. The predicted octanol–water partition coefficient (Wildman–Crippen LogP) is 3.30. The van der Waals surface area contributed by atoms with Crippen LogP contribution in [0.4, 0.5) is 0 Å². The molecule has 0 radical (unpaired) electrons. The second-order valence-corrected chi connectivity index (χ2v) is 8.58. The van der Waals surface area contributed by atoms with Gasteiger partial charge in [0.15, 0.2) is 0 Å². The number of aromatic nitrogens is 1. The zero-order chi connectivity index (χ0) is 20.1. The van der Waals surface area contributed by atoms with Gasteiger partial charge in [-0.05, 0) is 68.5 Å². The van der Waals surface area contributed by atoms with E-state index in [0.29, 0.717) is 13.2 Å².